The summed E-state index contributed by atoms with van der Waals surface area (Å²) in [6.07, 6.45) is 4.37. The molecule has 2 aromatic heterocycles. The first kappa shape index (κ1) is 23.8. The maximum absolute atomic E-state index is 13.8. The van der Waals surface area contributed by atoms with E-state index in [1.165, 1.54) is 0 Å². The largest absolute Gasteiger partial charge is 0.379 e. The molecule has 0 spiro atoms. The number of benzene rings is 2. The van der Waals surface area contributed by atoms with Crippen LogP contribution in [0.2, 0.25) is 0 Å². The van der Waals surface area contributed by atoms with Crippen molar-refractivity contribution < 1.29 is 9.53 Å². The van der Waals surface area contributed by atoms with Crippen molar-refractivity contribution in [2.24, 2.45) is 0 Å². The number of pyridine rings is 1. The highest BCUT2D eigenvalue weighted by molar-refractivity contribution is 5.91. The lowest BCUT2D eigenvalue weighted by Crippen LogP contribution is -2.39. The van der Waals surface area contributed by atoms with Gasteiger partial charge in [-0.3, -0.25) is 14.7 Å². The lowest BCUT2D eigenvalue weighted by molar-refractivity contribution is 0.0355. The molecular formula is C28H30N6O2. The predicted molar refractivity (Wildman–Crippen MR) is 138 cm³/mol. The first-order chi connectivity index (χ1) is 17.8. The highest BCUT2D eigenvalue weighted by Gasteiger charge is 2.24. The highest BCUT2D eigenvalue weighted by atomic mass is 16.5. The second-order valence-corrected chi connectivity index (χ2v) is 8.76. The number of aromatic nitrogens is 4. The molecule has 4 aromatic rings. The molecule has 1 amide bonds. The van der Waals surface area contributed by atoms with Crippen molar-refractivity contribution in [1.82, 2.24) is 29.5 Å². The fraction of sp³-hybridized carbons (Fsp3) is 0.286. The van der Waals surface area contributed by atoms with Crippen LogP contribution >= 0.6 is 0 Å². The van der Waals surface area contributed by atoms with Gasteiger partial charge >= 0.3 is 0 Å². The molecule has 0 N–H and O–H groups in total. The molecule has 0 bridgehead atoms. The third-order valence-corrected chi connectivity index (χ3v) is 6.25. The first-order valence-corrected chi connectivity index (χ1v) is 12.3. The Bertz CT molecular complexity index is 1180. The van der Waals surface area contributed by atoms with E-state index in [-0.39, 0.29) is 11.7 Å². The smallest absolute Gasteiger partial charge is 0.293 e. The number of nitrogens with zero attached hydrogens (tertiary/aromatic N) is 6. The van der Waals surface area contributed by atoms with Gasteiger partial charge in [-0.1, -0.05) is 48.5 Å². The zero-order valence-electron chi connectivity index (χ0n) is 20.2. The fourth-order valence-corrected chi connectivity index (χ4v) is 4.34. The van der Waals surface area contributed by atoms with E-state index in [9.17, 15) is 4.79 Å². The van der Waals surface area contributed by atoms with Gasteiger partial charge in [0.05, 0.1) is 18.9 Å². The molecule has 1 fully saturated rings. The van der Waals surface area contributed by atoms with Gasteiger partial charge in [0.2, 0.25) is 5.82 Å². The summed E-state index contributed by atoms with van der Waals surface area (Å²) in [4.78, 5) is 26.9. The van der Waals surface area contributed by atoms with Crippen molar-refractivity contribution in [2.75, 3.05) is 39.4 Å². The number of morpholine rings is 1. The molecule has 0 atom stereocenters. The van der Waals surface area contributed by atoms with Gasteiger partial charge in [-0.05, 0) is 36.2 Å². The zero-order chi connectivity index (χ0) is 24.6. The lowest BCUT2D eigenvalue weighted by atomic mass is 10.2. The van der Waals surface area contributed by atoms with Gasteiger partial charge in [0.15, 0.2) is 5.82 Å². The molecule has 8 nitrogen and oxygen atoms in total. The number of amides is 1. The van der Waals surface area contributed by atoms with Gasteiger partial charge in [-0.25, -0.2) is 9.67 Å². The number of hydrogen-bond donors (Lipinski definition) is 0. The number of hydrogen-bond acceptors (Lipinski definition) is 6. The molecule has 1 aliphatic heterocycles. The average molecular weight is 483 g/mol. The molecule has 2 aromatic carbocycles. The second kappa shape index (κ2) is 11.7. The van der Waals surface area contributed by atoms with Crippen LogP contribution in [0.1, 0.15) is 22.6 Å². The summed E-state index contributed by atoms with van der Waals surface area (Å²) in [6, 6.07) is 23.5. The lowest BCUT2D eigenvalue weighted by Gasteiger charge is -2.28. The molecule has 36 heavy (non-hydrogen) atoms. The van der Waals surface area contributed by atoms with E-state index in [2.05, 4.69) is 9.88 Å². The zero-order valence-corrected chi connectivity index (χ0v) is 20.2. The summed E-state index contributed by atoms with van der Waals surface area (Å²) < 4.78 is 7.21. The van der Waals surface area contributed by atoms with Crippen molar-refractivity contribution >= 4 is 5.91 Å². The van der Waals surface area contributed by atoms with Crippen LogP contribution in [-0.4, -0.2) is 74.8 Å². The maximum Gasteiger partial charge on any atom is 0.293 e. The molecule has 3 heterocycles. The molecule has 0 saturated carbocycles. The minimum Gasteiger partial charge on any atom is -0.379 e. The van der Waals surface area contributed by atoms with Crippen LogP contribution in [0, 0.1) is 0 Å². The average Bonchev–Trinajstić information content (AvgIpc) is 3.40. The summed E-state index contributed by atoms with van der Waals surface area (Å²) in [7, 11) is 0. The van der Waals surface area contributed by atoms with E-state index in [0.29, 0.717) is 18.9 Å². The Morgan fingerprint density at radius 2 is 1.61 bits per heavy atom. The van der Waals surface area contributed by atoms with Crippen LogP contribution in [0.15, 0.2) is 85.2 Å². The minimum atomic E-state index is -0.180. The fourth-order valence-electron chi connectivity index (χ4n) is 4.34. The van der Waals surface area contributed by atoms with Crippen LogP contribution in [-0.2, 0) is 11.3 Å². The number of ether oxygens (including phenoxy) is 1. The van der Waals surface area contributed by atoms with Gasteiger partial charge < -0.3 is 9.64 Å². The topological polar surface area (TPSA) is 76.4 Å². The monoisotopic (exact) mass is 482 g/mol. The molecule has 0 radical (unpaired) electrons. The van der Waals surface area contributed by atoms with E-state index in [1.807, 2.05) is 77.7 Å². The van der Waals surface area contributed by atoms with Crippen LogP contribution in [0.4, 0.5) is 0 Å². The summed E-state index contributed by atoms with van der Waals surface area (Å²) >= 11 is 0. The van der Waals surface area contributed by atoms with Gasteiger partial charge in [0.1, 0.15) is 0 Å². The van der Waals surface area contributed by atoms with Crippen molar-refractivity contribution in [3.63, 3.8) is 0 Å². The van der Waals surface area contributed by atoms with E-state index in [4.69, 9.17) is 14.8 Å². The molecule has 1 saturated heterocycles. The Labute approximate surface area is 211 Å². The number of carbonyl (C=O) groups is 1. The minimum absolute atomic E-state index is 0.180. The van der Waals surface area contributed by atoms with Crippen molar-refractivity contribution in [1.29, 1.82) is 0 Å². The van der Waals surface area contributed by atoms with E-state index in [1.54, 1.807) is 17.1 Å². The van der Waals surface area contributed by atoms with Gasteiger partial charge in [-0.2, -0.15) is 0 Å². The quantitative estimate of drug-likeness (QED) is 0.362. The molecule has 8 heteroatoms. The molecule has 5 rings (SSSR count). The molecule has 0 aliphatic carbocycles. The van der Waals surface area contributed by atoms with Crippen molar-refractivity contribution in [3.8, 4) is 17.1 Å². The third-order valence-electron chi connectivity index (χ3n) is 6.25. The van der Waals surface area contributed by atoms with Crippen LogP contribution in [0.25, 0.3) is 17.1 Å². The Morgan fingerprint density at radius 1 is 0.917 bits per heavy atom. The van der Waals surface area contributed by atoms with Crippen LogP contribution in [0.5, 0.6) is 0 Å². The highest BCUT2D eigenvalue weighted by Crippen LogP contribution is 2.22. The first-order valence-electron chi connectivity index (χ1n) is 12.3. The molecule has 1 aliphatic rings. The van der Waals surface area contributed by atoms with Gasteiger partial charge in [0, 0.05) is 50.7 Å². The number of para-hydroxylation sites is 1. The SMILES string of the molecule is O=C(c1nc(-c2ccccc2)n(-c2ccccc2)n1)N(CCCN1CCOCC1)Cc1ccncc1. The number of carbonyl (C=O) groups excluding carboxylic acids is 1. The summed E-state index contributed by atoms with van der Waals surface area (Å²) in [5.41, 5.74) is 2.78. The second-order valence-electron chi connectivity index (χ2n) is 8.76. The Kier molecular flexibility index (Phi) is 7.75. The summed E-state index contributed by atoms with van der Waals surface area (Å²) in [5, 5.41) is 4.69. The van der Waals surface area contributed by atoms with E-state index < -0.39 is 0 Å². The van der Waals surface area contributed by atoms with Crippen LogP contribution < -0.4 is 0 Å². The summed E-state index contributed by atoms with van der Waals surface area (Å²) in [6.45, 7) is 5.41. The normalized spacial score (nSPS) is 14.0. The third kappa shape index (κ3) is 5.84. The Balaban J connectivity index is 1.42. The van der Waals surface area contributed by atoms with Gasteiger partial charge in [-0.15, -0.1) is 5.10 Å². The number of rotatable bonds is 9. The Morgan fingerprint density at radius 3 is 2.33 bits per heavy atom. The standard InChI is InChI=1S/C28H30N6O2/c35-28(33(22-23-12-14-29-15-13-23)17-7-16-32-18-20-36-21-19-32)26-30-27(24-8-3-1-4-9-24)34(31-26)25-10-5-2-6-11-25/h1-6,8-15H,7,16-22H2. The van der Waals surface area contributed by atoms with E-state index in [0.717, 1.165) is 56.1 Å². The predicted octanol–water partition coefficient (Wildman–Crippen LogP) is 3.69. The summed E-state index contributed by atoms with van der Waals surface area (Å²) in [5.74, 6) is 0.654. The van der Waals surface area contributed by atoms with Crippen molar-refractivity contribution in [2.45, 2.75) is 13.0 Å². The van der Waals surface area contributed by atoms with E-state index >= 15 is 0 Å². The molecule has 184 valence electrons. The molecular weight excluding hydrogens is 452 g/mol. The van der Waals surface area contributed by atoms with Crippen LogP contribution in [0.3, 0.4) is 0 Å². The van der Waals surface area contributed by atoms with Gasteiger partial charge in [0.25, 0.3) is 5.91 Å². The maximum atomic E-state index is 13.8. The Hall–Kier alpha value is -3.88. The molecule has 0 unspecified atom stereocenters. The van der Waals surface area contributed by atoms with Crippen molar-refractivity contribution in [3.05, 3.63) is 96.6 Å².